The lowest BCUT2D eigenvalue weighted by Crippen LogP contribution is -2.04. The van der Waals surface area contributed by atoms with Crippen molar-refractivity contribution < 1.29 is 19.7 Å². The van der Waals surface area contributed by atoms with Gasteiger partial charge in [-0.25, -0.2) is 0 Å². The molecule has 0 aliphatic heterocycles. The van der Waals surface area contributed by atoms with E-state index in [2.05, 4.69) is 19.1 Å². The molecule has 1 rings (SSSR count). The molecular formula is C24H38O4. The van der Waals surface area contributed by atoms with Crippen molar-refractivity contribution in [2.45, 2.75) is 97.0 Å². The first-order valence-corrected chi connectivity index (χ1v) is 10.9. The Kier molecular flexibility index (Phi) is 13.8. The average molecular weight is 391 g/mol. The number of allylic oxidation sites excluding steroid dienone is 2. The summed E-state index contributed by atoms with van der Waals surface area (Å²) in [5.41, 5.74) is 0.663. The van der Waals surface area contributed by atoms with Crippen LogP contribution in [0, 0.1) is 0 Å². The topological polar surface area (TPSA) is 66.8 Å². The van der Waals surface area contributed by atoms with Gasteiger partial charge in [-0.15, -0.1) is 0 Å². The normalized spacial score (nSPS) is 11.2. The van der Waals surface area contributed by atoms with Crippen LogP contribution < -0.4 is 0 Å². The molecule has 0 aromatic heterocycles. The van der Waals surface area contributed by atoms with Crippen LogP contribution in [0.3, 0.4) is 0 Å². The van der Waals surface area contributed by atoms with Gasteiger partial charge >= 0.3 is 5.97 Å². The maximum Gasteiger partial charge on any atom is 0.306 e. The lowest BCUT2D eigenvalue weighted by molar-refractivity contribution is -0.145. The lowest BCUT2D eigenvalue weighted by Gasteiger charge is -2.06. The van der Waals surface area contributed by atoms with E-state index in [4.69, 9.17) is 4.74 Å². The number of phenols is 2. The molecule has 0 unspecified atom stereocenters. The van der Waals surface area contributed by atoms with Crippen molar-refractivity contribution in [1.29, 1.82) is 0 Å². The van der Waals surface area contributed by atoms with Gasteiger partial charge in [0, 0.05) is 6.42 Å². The zero-order chi connectivity index (χ0) is 20.5. The van der Waals surface area contributed by atoms with Crippen molar-refractivity contribution in [3.8, 4) is 11.5 Å². The molecule has 1 aromatic rings. The molecule has 0 heterocycles. The minimum Gasteiger partial charge on any atom is -0.504 e. The fourth-order valence-electron chi connectivity index (χ4n) is 3.06. The van der Waals surface area contributed by atoms with Gasteiger partial charge in [-0.05, 0) is 49.8 Å². The number of hydrogen-bond donors (Lipinski definition) is 2. The summed E-state index contributed by atoms with van der Waals surface area (Å²) in [5, 5.41) is 18.7. The van der Waals surface area contributed by atoms with E-state index >= 15 is 0 Å². The zero-order valence-corrected chi connectivity index (χ0v) is 17.5. The summed E-state index contributed by atoms with van der Waals surface area (Å²) in [6, 6.07) is 4.42. The Bertz CT molecular complexity index is 566. The number of carbonyl (C=O) groups excluding carboxylic acids is 1. The molecule has 0 bridgehead atoms. The first-order valence-electron chi connectivity index (χ1n) is 10.9. The maximum absolute atomic E-state index is 11.7. The predicted octanol–water partition coefficient (Wildman–Crippen LogP) is 6.79. The van der Waals surface area contributed by atoms with E-state index in [1.807, 2.05) is 0 Å². The predicted molar refractivity (Wildman–Crippen MR) is 114 cm³/mol. The van der Waals surface area contributed by atoms with E-state index in [1.54, 1.807) is 6.07 Å². The van der Waals surface area contributed by atoms with Crippen LogP contribution in [0.4, 0.5) is 0 Å². The third-order valence-electron chi connectivity index (χ3n) is 4.83. The Morgan fingerprint density at radius 2 is 1.46 bits per heavy atom. The zero-order valence-electron chi connectivity index (χ0n) is 17.5. The first-order chi connectivity index (χ1) is 13.6. The van der Waals surface area contributed by atoms with Gasteiger partial charge in [0.25, 0.3) is 0 Å². The smallest absolute Gasteiger partial charge is 0.306 e. The molecule has 0 amide bonds. The van der Waals surface area contributed by atoms with Crippen molar-refractivity contribution in [1.82, 2.24) is 0 Å². The summed E-state index contributed by atoms with van der Waals surface area (Å²) in [6.45, 7) is 2.37. The van der Waals surface area contributed by atoms with Gasteiger partial charge in [-0.1, -0.05) is 70.1 Å². The number of benzene rings is 1. The molecule has 0 atom stereocenters. The quantitative estimate of drug-likeness (QED) is 0.141. The van der Waals surface area contributed by atoms with Crippen LogP contribution in [0.15, 0.2) is 30.4 Å². The monoisotopic (exact) mass is 390 g/mol. The largest absolute Gasteiger partial charge is 0.504 e. The summed E-state index contributed by atoms with van der Waals surface area (Å²) in [4.78, 5) is 11.7. The molecule has 0 aliphatic rings. The highest BCUT2D eigenvalue weighted by Crippen LogP contribution is 2.25. The third kappa shape index (κ3) is 12.4. The second kappa shape index (κ2) is 16.0. The van der Waals surface area contributed by atoms with E-state index in [-0.39, 0.29) is 24.1 Å². The van der Waals surface area contributed by atoms with Crippen LogP contribution in [-0.4, -0.2) is 16.2 Å². The van der Waals surface area contributed by atoms with E-state index < -0.39 is 0 Å². The minimum absolute atomic E-state index is 0.121. The van der Waals surface area contributed by atoms with Crippen molar-refractivity contribution >= 4 is 5.97 Å². The number of unbranched alkanes of at least 4 members (excludes halogenated alkanes) is 10. The molecule has 1 aromatic carbocycles. The average Bonchev–Trinajstić information content (AvgIpc) is 2.69. The fraction of sp³-hybridized carbons (Fsp3) is 0.625. The first kappa shape index (κ1) is 24.1. The molecule has 0 saturated carbocycles. The summed E-state index contributed by atoms with van der Waals surface area (Å²) < 4.78 is 5.19. The van der Waals surface area contributed by atoms with Gasteiger partial charge < -0.3 is 14.9 Å². The molecule has 4 nitrogen and oxygen atoms in total. The fourth-order valence-corrected chi connectivity index (χ4v) is 3.06. The summed E-state index contributed by atoms with van der Waals surface area (Å²) in [6.07, 6.45) is 19.7. The maximum atomic E-state index is 11.7. The Morgan fingerprint density at radius 3 is 2.11 bits per heavy atom. The van der Waals surface area contributed by atoms with Crippen LogP contribution in [0.2, 0.25) is 0 Å². The Hall–Kier alpha value is -1.97. The highest BCUT2D eigenvalue weighted by molar-refractivity contribution is 5.69. The van der Waals surface area contributed by atoms with Crippen molar-refractivity contribution in [3.05, 3.63) is 35.9 Å². The summed E-state index contributed by atoms with van der Waals surface area (Å²) >= 11 is 0. The second-order valence-electron chi connectivity index (χ2n) is 7.46. The number of ether oxygens (including phenoxy) is 1. The Balaban J connectivity index is 1.91. The number of carbonyl (C=O) groups is 1. The number of aromatic hydroxyl groups is 2. The van der Waals surface area contributed by atoms with Crippen LogP contribution in [0.1, 0.15) is 96.0 Å². The van der Waals surface area contributed by atoms with Crippen LogP contribution >= 0.6 is 0 Å². The number of hydrogen-bond acceptors (Lipinski definition) is 4. The summed E-state index contributed by atoms with van der Waals surface area (Å²) in [7, 11) is 0. The van der Waals surface area contributed by atoms with Gasteiger partial charge in [-0.3, -0.25) is 4.79 Å². The number of esters is 1. The SMILES string of the molecule is CCCCCCCC/C=C\CCCCCCC(=O)OCc1ccc(O)c(O)c1. The molecular weight excluding hydrogens is 352 g/mol. The molecule has 0 saturated heterocycles. The van der Waals surface area contributed by atoms with E-state index in [0.717, 1.165) is 25.7 Å². The van der Waals surface area contributed by atoms with Gasteiger partial charge in [-0.2, -0.15) is 0 Å². The second-order valence-corrected chi connectivity index (χ2v) is 7.46. The molecule has 2 N–H and O–H groups in total. The standard InChI is InChI=1S/C24H38O4/c1-2-3-4-5-6-7-8-9-10-11-12-13-14-15-16-24(27)28-20-21-17-18-22(25)23(26)19-21/h9-10,17-19,25-26H,2-8,11-16,20H2,1H3/b10-9-. The molecule has 0 radical (unpaired) electrons. The highest BCUT2D eigenvalue weighted by Gasteiger charge is 2.05. The molecule has 158 valence electrons. The van der Waals surface area contributed by atoms with Gasteiger partial charge in [0.05, 0.1) is 0 Å². The number of phenolic OH excluding ortho intramolecular Hbond substituents is 2. The van der Waals surface area contributed by atoms with E-state index in [9.17, 15) is 15.0 Å². The van der Waals surface area contributed by atoms with Crippen molar-refractivity contribution in [2.75, 3.05) is 0 Å². The third-order valence-corrected chi connectivity index (χ3v) is 4.83. The van der Waals surface area contributed by atoms with Crippen molar-refractivity contribution in [2.24, 2.45) is 0 Å². The molecule has 0 fully saturated rings. The Morgan fingerprint density at radius 1 is 0.857 bits per heavy atom. The lowest BCUT2D eigenvalue weighted by atomic mass is 10.1. The molecule has 28 heavy (non-hydrogen) atoms. The van der Waals surface area contributed by atoms with E-state index in [1.165, 1.54) is 63.5 Å². The van der Waals surface area contributed by atoms with Crippen LogP contribution in [0.5, 0.6) is 11.5 Å². The van der Waals surface area contributed by atoms with E-state index in [0.29, 0.717) is 12.0 Å². The molecule has 0 spiro atoms. The molecule has 0 aliphatic carbocycles. The summed E-state index contributed by atoms with van der Waals surface area (Å²) in [5.74, 6) is -0.590. The highest BCUT2D eigenvalue weighted by atomic mass is 16.5. The van der Waals surface area contributed by atoms with Gasteiger partial charge in [0.2, 0.25) is 0 Å². The van der Waals surface area contributed by atoms with Gasteiger partial charge in [0.15, 0.2) is 11.5 Å². The van der Waals surface area contributed by atoms with Gasteiger partial charge in [0.1, 0.15) is 6.61 Å². The van der Waals surface area contributed by atoms with Crippen LogP contribution in [0.25, 0.3) is 0 Å². The minimum atomic E-state index is -0.216. The van der Waals surface area contributed by atoms with Crippen molar-refractivity contribution in [3.63, 3.8) is 0 Å². The Labute approximate surface area is 170 Å². The van der Waals surface area contributed by atoms with Crippen LogP contribution in [-0.2, 0) is 16.1 Å². The molecule has 4 heteroatoms. The number of rotatable bonds is 16.